The lowest BCUT2D eigenvalue weighted by Crippen LogP contribution is -2.22. The van der Waals surface area contributed by atoms with Crippen molar-refractivity contribution in [3.05, 3.63) is 59.7 Å². The van der Waals surface area contributed by atoms with E-state index >= 15 is 0 Å². The number of hydrogen-bond acceptors (Lipinski definition) is 2. The van der Waals surface area contributed by atoms with Crippen molar-refractivity contribution in [1.82, 2.24) is 0 Å². The van der Waals surface area contributed by atoms with Crippen molar-refractivity contribution in [2.24, 2.45) is 0 Å². The lowest BCUT2D eigenvalue weighted by molar-refractivity contribution is -0.114. The third-order valence-electron chi connectivity index (χ3n) is 3.32. The largest absolute Gasteiger partial charge is 0.376 e. The normalized spacial score (nSPS) is 10.5. The smallest absolute Gasteiger partial charge is 0.243 e. The Morgan fingerprint density at radius 1 is 1.10 bits per heavy atom. The average Bonchev–Trinajstić information content (AvgIpc) is 2.45. The van der Waals surface area contributed by atoms with Crippen LogP contribution in [0.1, 0.15) is 30.9 Å². The fourth-order valence-electron chi connectivity index (χ4n) is 2.26. The molecule has 2 N–H and O–H groups in total. The minimum Gasteiger partial charge on any atom is -0.376 e. The quantitative estimate of drug-likeness (QED) is 0.864. The molecule has 0 aromatic heterocycles. The van der Waals surface area contributed by atoms with E-state index in [-0.39, 0.29) is 12.5 Å². The Labute approximate surface area is 126 Å². The summed E-state index contributed by atoms with van der Waals surface area (Å²) in [7, 11) is 0. The van der Waals surface area contributed by atoms with Gasteiger partial charge in [0.15, 0.2) is 0 Å². The first-order chi connectivity index (χ1) is 10.1. The maximum absolute atomic E-state index is 12.0. The summed E-state index contributed by atoms with van der Waals surface area (Å²) in [4.78, 5) is 12.0. The standard InChI is InChI=1S/C18H22N2O/c1-13(2)16-9-4-5-10-17(16)19-12-18(21)20-15-8-6-7-14(3)11-15/h4-11,13,19H,12H2,1-3H3,(H,20,21). The van der Waals surface area contributed by atoms with Crippen LogP contribution in [0.4, 0.5) is 11.4 Å². The van der Waals surface area contributed by atoms with Crippen LogP contribution < -0.4 is 10.6 Å². The van der Waals surface area contributed by atoms with Gasteiger partial charge in [-0.3, -0.25) is 4.79 Å². The zero-order valence-corrected chi connectivity index (χ0v) is 12.8. The maximum Gasteiger partial charge on any atom is 0.243 e. The fourth-order valence-corrected chi connectivity index (χ4v) is 2.26. The SMILES string of the molecule is Cc1cccc(NC(=O)CNc2ccccc2C(C)C)c1. The van der Waals surface area contributed by atoms with Crippen molar-refractivity contribution in [2.75, 3.05) is 17.2 Å². The predicted octanol–water partition coefficient (Wildman–Crippen LogP) is 4.17. The van der Waals surface area contributed by atoms with Crippen LogP contribution in [0.15, 0.2) is 48.5 Å². The van der Waals surface area contributed by atoms with E-state index in [1.54, 1.807) is 0 Å². The van der Waals surface area contributed by atoms with Crippen LogP contribution in [0.2, 0.25) is 0 Å². The molecule has 2 rings (SSSR count). The molecular weight excluding hydrogens is 260 g/mol. The Bertz CT molecular complexity index is 620. The molecule has 0 saturated carbocycles. The highest BCUT2D eigenvalue weighted by Gasteiger charge is 2.07. The maximum atomic E-state index is 12.0. The van der Waals surface area contributed by atoms with E-state index in [1.165, 1.54) is 5.56 Å². The van der Waals surface area contributed by atoms with Gasteiger partial charge in [0.1, 0.15) is 0 Å². The van der Waals surface area contributed by atoms with Crippen LogP contribution in [0.5, 0.6) is 0 Å². The molecule has 0 unspecified atom stereocenters. The topological polar surface area (TPSA) is 41.1 Å². The van der Waals surface area contributed by atoms with E-state index < -0.39 is 0 Å². The molecule has 0 aliphatic rings. The first-order valence-corrected chi connectivity index (χ1v) is 7.25. The fraction of sp³-hybridized carbons (Fsp3) is 0.278. The molecule has 0 bridgehead atoms. The molecule has 1 amide bonds. The number of carbonyl (C=O) groups is 1. The zero-order chi connectivity index (χ0) is 15.2. The Hall–Kier alpha value is -2.29. The first kappa shape index (κ1) is 15.1. The number of anilines is 2. The van der Waals surface area contributed by atoms with E-state index in [9.17, 15) is 4.79 Å². The number of benzene rings is 2. The summed E-state index contributed by atoms with van der Waals surface area (Å²) in [5.74, 6) is 0.382. The lowest BCUT2D eigenvalue weighted by Gasteiger charge is -2.14. The molecule has 0 atom stereocenters. The second-order valence-corrected chi connectivity index (χ2v) is 5.51. The van der Waals surface area contributed by atoms with Gasteiger partial charge < -0.3 is 10.6 Å². The molecule has 0 aliphatic carbocycles. The molecule has 110 valence electrons. The number of para-hydroxylation sites is 1. The summed E-state index contributed by atoms with van der Waals surface area (Å²) in [6.45, 7) is 6.56. The van der Waals surface area contributed by atoms with Crippen molar-refractivity contribution in [1.29, 1.82) is 0 Å². The highest BCUT2D eigenvalue weighted by atomic mass is 16.1. The molecule has 0 saturated heterocycles. The van der Waals surface area contributed by atoms with Gasteiger partial charge in [0.05, 0.1) is 6.54 Å². The van der Waals surface area contributed by atoms with Crippen molar-refractivity contribution >= 4 is 17.3 Å². The number of aryl methyl sites for hydroxylation is 1. The zero-order valence-electron chi connectivity index (χ0n) is 12.8. The Morgan fingerprint density at radius 3 is 2.57 bits per heavy atom. The lowest BCUT2D eigenvalue weighted by atomic mass is 10.0. The van der Waals surface area contributed by atoms with Crippen LogP contribution in [0.3, 0.4) is 0 Å². The summed E-state index contributed by atoms with van der Waals surface area (Å²) >= 11 is 0. The van der Waals surface area contributed by atoms with Crippen molar-refractivity contribution in [3.8, 4) is 0 Å². The number of nitrogens with one attached hydrogen (secondary N) is 2. The summed E-state index contributed by atoms with van der Waals surface area (Å²) in [6.07, 6.45) is 0. The van der Waals surface area contributed by atoms with Gasteiger partial charge in [0.25, 0.3) is 0 Å². The first-order valence-electron chi connectivity index (χ1n) is 7.25. The number of rotatable bonds is 5. The van der Waals surface area contributed by atoms with E-state index in [0.29, 0.717) is 5.92 Å². The third kappa shape index (κ3) is 4.35. The van der Waals surface area contributed by atoms with E-state index in [1.807, 2.05) is 49.4 Å². The summed E-state index contributed by atoms with van der Waals surface area (Å²) < 4.78 is 0. The van der Waals surface area contributed by atoms with Crippen LogP contribution in [0.25, 0.3) is 0 Å². The second-order valence-electron chi connectivity index (χ2n) is 5.51. The number of hydrogen-bond donors (Lipinski definition) is 2. The molecule has 0 spiro atoms. The number of carbonyl (C=O) groups excluding carboxylic acids is 1. The minimum atomic E-state index is -0.0424. The summed E-state index contributed by atoms with van der Waals surface area (Å²) in [5.41, 5.74) is 4.21. The molecule has 0 heterocycles. The van der Waals surface area contributed by atoms with Gasteiger partial charge in [0, 0.05) is 11.4 Å². The molecule has 0 fully saturated rings. The Kier molecular flexibility index (Phi) is 4.99. The monoisotopic (exact) mass is 282 g/mol. The molecule has 2 aromatic rings. The second kappa shape index (κ2) is 6.93. The molecule has 0 radical (unpaired) electrons. The molecule has 3 heteroatoms. The van der Waals surface area contributed by atoms with Crippen LogP contribution in [-0.4, -0.2) is 12.5 Å². The molecule has 3 nitrogen and oxygen atoms in total. The highest BCUT2D eigenvalue weighted by molar-refractivity contribution is 5.93. The average molecular weight is 282 g/mol. The van der Waals surface area contributed by atoms with Gasteiger partial charge in [-0.1, -0.05) is 44.2 Å². The van der Waals surface area contributed by atoms with Gasteiger partial charge >= 0.3 is 0 Å². The highest BCUT2D eigenvalue weighted by Crippen LogP contribution is 2.23. The number of amides is 1. The van der Waals surface area contributed by atoms with E-state index in [4.69, 9.17) is 0 Å². The molecule has 0 aliphatic heterocycles. The van der Waals surface area contributed by atoms with Gasteiger partial charge in [-0.05, 0) is 42.2 Å². The molecular formula is C18H22N2O. The van der Waals surface area contributed by atoms with Gasteiger partial charge in [-0.25, -0.2) is 0 Å². The van der Waals surface area contributed by atoms with Gasteiger partial charge in [-0.2, -0.15) is 0 Å². The van der Waals surface area contributed by atoms with Gasteiger partial charge in [-0.15, -0.1) is 0 Å². The van der Waals surface area contributed by atoms with E-state index in [0.717, 1.165) is 16.9 Å². The third-order valence-corrected chi connectivity index (χ3v) is 3.32. The van der Waals surface area contributed by atoms with E-state index in [2.05, 4.69) is 30.5 Å². The minimum absolute atomic E-state index is 0.0424. The van der Waals surface area contributed by atoms with Crippen LogP contribution in [0, 0.1) is 6.92 Å². The van der Waals surface area contributed by atoms with Gasteiger partial charge in [0.2, 0.25) is 5.91 Å². The van der Waals surface area contributed by atoms with Crippen LogP contribution in [-0.2, 0) is 4.79 Å². The van der Waals surface area contributed by atoms with Crippen molar-refractivity contribution < 1.29 is 4.79 Å². The Morgan fingerprint density at radius 2 is 1.86 bits per heavy atom. The Balaban J connectivity index is 1.95. The van der Waals surface area contributed by atoms with Crippen molar-refractivity contribution in [3.63, 3.8) is 0 Å². The predicted molar refractivity (Wildman–Crippen MR) is 88.8 cm³/mol. The van der Waals surface area contributed by atoms with Crippen molar-refractivity contribution in [2.45, 2.75) is 26.7 Å². The van der Waals surface area contributed by atoms with Crippen LogP contribution >= 0.6 is 0 Å². The molecule has 2 aromatic carbocycles. The summed E-state index contributed by atoms with van der Waals surface area (Å²) in [5, 5.41) is 6.12. The molecule has 21 heavy (non-hydrogen) atoms. The summed E-state index contributed by atoms with van der Waals surface area (Å²) in [6, 6.07) is 15.9.